The quantitative estimate of drug-likeness (QED) is 0.768. The maximum atomic E-state index is 13.3. The minimum Gasteiger partial charge on any atom is -0.342 e. The van der Waals surface area contributed by atoms with Crippen LogP contribution in [0.15, 0.2) is 36.7 Å². The second kappa shape index (κ2) is 9.15. The van der Waals surface area contributed by atoms with Crippen molar-refractivity contribution in [2.45, 2.75) is 44.6 Å². The number of hydrogen-bond donors (Lipinski definition) is 0. The van der Waals surface area contributed by atoms with Crippen molar-refractivity contribution < 1.29 is 9.59 Å². The first-order chi connectivity index (χ1) is 14.2. The molecule has 0 bridgehead atoms. The van der Waals surface area contributed by atoms with Crippen LogP contribution in [0.5, 0.6) is 0 Å². The van der Waals surface area contributed by atoms with Crippen LogP contribution in [0.3, 0.4) is 0 Å². The Morgan fingerprint density at radius 1 is 0.966 bits per heavy atom. The standard InChI is InChI=1S/C21H28N6O2/c28-20(25-11-5-2-6-12-25)18-9-13-26(14-10-18)21(29)19(27-16-22-23-24-27)15-17-7-3-1-4-8-17/h1,3-4,7-8,16,18-19H,2,5-6,9-15H2/t19-/m0/s1. The van der Waals surface area contributed by atoms with Crippen molar-refractivity contribution >= 4 is 11.8 Å². The number of carbonyl (C=O) groups is 2. The van der Waals surface area contributed by atoms with Gasteiger partial charge in [-0.25, -0.2) is 4.68 Å². The number of likely N-dealkylation sites (tertiary alicyclic amines) is 2. The highest BCUT2D eigenvalue weighted by Crippen LogP contribution is 2.24. The second-order valence-electron chi connectivity index (χ2n) is 7.98. The highest BCUT2D eigenvalue weighted by molar-refractivity contribution is 5.82. The lowest BCUT2D eigenvalue weighted by atomic mass is 9.93. The molecule has 1 aromatic carbocycles. The molecule has 8 nitrogen and oxygen atoms in total. The predicted molar refractivity (Wildman–Crippen MR) is 107 cm³/mol. The van der Waals surface area contributed by atoms with E-state index in [9.17, 15) is 9.59 Å². The average molecular weight is 396 g/mol. The summed E-state index contributed by atoms with van der Waals surface area (Å²) >= 11 is 0. The number of rotatable bonds is 5. The van der Waals surface area contributed by atoms with Crippen LogP contribution in [0.4, 0.5) is 0 Å². The van der Waals surface area contributed by atoms with Crippen molar-refractivity contribution in [2.75, 3.05) is 26.2 Å². The van der Waals surface area contributed by atoms with Gasteiger partial charge in [-0.05, 0) is 48.1 Å². The van der Waals surface area contributed by atoms with Gasteiger partial charge in [-0.1, -0.05) is 30.3 Å². The number of tetrazole rings is 1. The minimum atomic E-state index is -0.471. The van der Waals surface area contributed by atoms with Crippen LogP contribution in [0.1, 0.15) is 43.7 Å². The van der Waals surface area contributed by atoms with E-state index in [1.807, 2.05) is 40.1 Å². The van der Waals surface area contributed by atoms with Crippen molar-refractivity contribution in [3.05, 3.63) is 42.2 Å². The van der Waals surface area contributed by atoms with Crippen molar-refractivity contribution in [3.8, 4) is 0 Å². The predicted octanol–water partition coefficient (Wildman–Crippen LogP) is 1.71. The van der Waals surface area contributed by atoms with Crippen LogP contribution >= 0.6 is 0 Å². The van der Waals surface area contributed by atoms with Gasteiger partial charge in [-0.3, -0.25) is 9.59 Å². The summed E-state index contributed by atoms with van der Waals surface area (Å²) in [5, 5.41) is 11.4. The Hall–Kier alpha value is -2.77. The Labute approximate surface area is 170 Å². The maximum Gasteiger partial charge on any atom is 0.247 e. The van der Waals surface area contributed by atoms with Crippen LogP contribution in [-0.4, -0.2) is 68.0 Å². The van der Waals surface area contributed by atoms with E-state index in [-0.39, 0.29) is 17.7 Å². The Balaban J connectivity index is 1.39. The molecule has 0 saturated carbocycles. The number of hydrogen-bond acceptors (Lipinski definition) is 5. The molecular formula is C21H28N6O2. The molecule has 0 N–H and O–H groups in total. The van der Waals surface area contributed by atoms with E-state index in [4.69, 9.17) is 0 Å². The van der Waals surface area contributed by atoms with Crippen molar-refractivity contribution in [2.24, 2.45) is 5.92 Å². The van der Waals surface area contributed by atoms with Crippen molar-refractivity contribution in [1.82, 2.24) is 30.0 Å². The molecule has 8 heteroatoms. The fourth-order valence-electron chi connectivity index (χ4n) is 4.37. The molecule has 0 unspecified atom stereocenters. The number of piperidine rings is 2. The van der Waals surface area contributed by atoms with E-state index >= 15 is 0 Å². The van der Waals surface area contributed by atoms with Gasteiger partial charge in [0.2, 0.25) is 11.8 Å². The molecule has 2 aliphatic heterocycles. The summed E-state index contributed by atoms with van der Waals surface area (Å²) in [7, 11) is 0. The fraction of sp³-hybridized carbons (Fsp3) is 0.571. The van der Waals surface area contributed by atoms with Gasteiger partial charge in [0.25, 0.3) is 0 Å². The summed E-state index contributed by atoms with van der Waals surface area (Å²) < 4.78 is 1.54. The third-order valence-electron chi connectivity index (χ3n) is 6.06. The Bertz CT molecular complexity index is 796. The molecule has 0 aliphatic carbocycles. The van der Waals surface area contributed by atoms with Gasteiger partial charge < -0.3 is 9.80 Å². The summed E-state index contributed by atoms with van der Waals surface area (Å²) in [6, 6.07) is 9.44. The smallest absolute Gasteiger partial charge is 0.247 e. The van der Waals surface area contributed by atoms with Gasteiger partial charge in [0.05, 0.1) is 0 Å². The Morgan fingerprint density at radius 3 is 2.34 bits per heavy atom. The van der Waals surface area contributed by atoms with E-state index < -0.39 is 6.04 Å². The summed E-state index contributed by atoms with van der Waals surface area (Å²) in [5.41, 5.74) is 1.07. The first-order valence-corrected chi connectivity index (χ1v) is 10.6. The number of nitrogens with zero attached hydrogens (tertiary/aromatic N) is 6. The summed E-state index contributed by atoms with van der Waals surface area (Å²) in [6.45, 7) is 2.99. The summed E-state index contributed by atoms with van der Waals surface area (Å²) in [6.07, 6.45) is 6.93. The van der Waals surface area contributed by atoms with E-state index in [0.29, 0.717) is 19.5 Å². The molecule has 4 rings (SSSR count). The normalized spacial score (nSPS) is 19.2. The van der Waals surface area contributed by atoms with E-state index in [1.165, 1.54) is 12.7 Å². The van der Waals surface area contributed by atoms with Gasteiger partial charge in [0.1, 0.15) is 12.4 Å². The largest absolute Gasteiger partial charge is 0.342 e. The van der Waals surface area contributed by atoms with Crippen LogP contribution in [0.25, 0.3) is 0 Å². The van der Waals surface area contributed by atoms with Gasteiger partial charge in [-0.15, -0.1) is 5.10 Å². The first kappa shape index (κ1) is 19.5. The van der Waals surface area contributed by atoms with Gasteiger partial charge in [-0.2, -0.15) is 0 Å². The topological polar surface area (TPSA) is 84.2 Å². The highest BCUT2D eigenvalue weighted by atomic mass is 16.2. The lowest BCUT2D eigenvalue weighted by Crippen LogP contribution is -2.47. The van der Waals surface area contributed by atoms with E-state index in [2.05, 4.69) is 15.5 Å². The minimum absolute atomic E-state index is 0.0185. The molecule has 0 spiro atoms. The lowest BCUT2D eigenvalue weighted by Gasteiger charge is -2.36. The summed E-state index contributed by atoms with van der Waals surface area (Å²) in [4.78, 5) is 30.0. The van der Waals surface area contributed by atoms with Crippen LogP contribution in [0.2, 0.25) is 0 Å². The molecular weight excluding hydrogens is 368 g/mol. The van der Waals surface area contributed by atoms with Crippen molar-refractivity contribution in [3.63, 3.8) is 0 Å². The van der Waals surface area contributed by atoms with Gasteiger partial charge in [0, 0.05) is 38.5 Å². The van der Waals surface area contributed by atoms with Crippen molar-refractivity contribution in [1.29, 1.82) is 0 Å². The number of benzene rings is 1. The summed E-state index contributed by atoms with van der Waals surface area (Å²) in [5.74, 6) is 0.334. The maximum absolute atomic E-state index is 13.3. The average Bonchev–Trinajstić information content (AvgIpc) is 3.32. The van der Waals surface area contributed by atoms with Gasteiger partial charge in [0.15, 0.2) is 0 Å². The highest BCUT2D eigenvalue weighted by Gasteiger charge is 2.34. The molecule has 2 amide bonds. The zero-order chi connectivity index (χ0) is 20.1. The second-order valence-corrected chi connectivity index (χ2v) is 7.98. The molecule has 2 aromatic rings. The molecule has 1 aromatic heterocycles. The number of amides is 2. The van der Waals surface area contributed by atoms with Crippen LogP contribution < -0.4 is 0 Å². The molecule has 3 heterocycles. The SMILES string of the molecule is O=C(C1CCN(C(=O)[C@H](Cc2ccccc2)n2cnnn2)CC1)N1CCCCC1. The number of carbonyl (C=O) groups excluding carboxylic acids is 2. The van der Waals surface area contributed by atoms with Gasteiger partial charge >= 0.3 is 0 Å². The molecule has 0 radical (unpaired) electrons. The molecule has 2 saturated heterocycles. The molecule has 2 aliphatic rings. The Kier molecular flexibility index (Phi) is 6.17. The van der Waals surface area contributed by atoms with E-state index in [0.717, 1.165) is 44.3 Å². The number of aromatic nitrogens is 4. The third kappa shape index (κ3) is 4.63. The fourth-order valence-corrected chi connectivity index (χ4v) is 4.37. The molecule has 1 atom stereocenters. The van der Waals surface area contributed by atoms with E-state index in [1.54, 1.807) is 4.68 Å². The zero-order valence-corrected chi connectivity index (χ0v) is 16.7. The lowest BCUT2D eigenvalue weighted by molar-refractivity contribution is -0.143. The van der Waals surface area contributed by atoms with Crippen LogP contribution in [0, 0.1) is 5.92 Å². The third-order valence-corrected chi connectivity index (χ3v) is 6.06. The van der Waals surface area contributed by atoms with Crippen LogP contribution in [-0.2, 0) is 16.0 Å². The zero-order valence-electron chi connectivity index (χ0n) is 16.7. The monoisotopic (exact) mass is 396 g/mol. The molecule has 2 fully saturated rings. The first-order valence-electron chi connectivity index (χ1n) is 10.6. The molecule has 154 valence electrons. The Morgan fingerprint density at radius 2 is 1.69 bits per heavy atom. The molecule has 29 heavy (non-hydrogen) atoms.